The van der Waals surface area contributed by atoms with E-state index >= 15 is 0 Å². The molecule has 0 radical (unpaired) electrons. The maximum absolute atomic E-state index is 11.1. The van der Waals surface area contributed by atoms with Crippen LogP contribution in [-0.2, 0) is 13.1 Å². The van der Waals surface area contributed by atoms with E-state index in [0.717, 1.165) is 72.4 Å². The van der Waals surface area contributed by atoms with Crippen LogP contribution in [0.2, 0.25) is 5.02 Å². The quantitative estimate of drug-likeness (QED) is 0.333. The van der Waals surface area contributed by atoms with Crippen LogP contribution in [0.1, 0.15) is 48.1 Å². The molecule has 0 bridgehead atoms. The van der Waals surface area contributed by atoms with E-state index in [1.54, 1.807) is 6.20 Å². The number of benzene rings is 2. The number of likely N-dealkylation sites (tertiary alicyclic amines) is 2. The largest absolute Gasteiger partial charge is 0.507 e. The molecular weight excluding hydrogens is 493 g/mol. The molecule has 0 spiro atoms. The topological polar surface area (TPSA) is 64.5 Å². The van der Waals surface area contributed by atoms with E-state index in [1.165, 1.54) is 25.7 Å². The number of phenolic OH excluding ortho intramolecular Hbond substituents is 1. The van der Waals surface area contributed by atoms with Gasteiger partial charge in [-0.05, 0) is 93.8 Å². The van der Waals surface area contributed by atoms with Crippen LogP contribution < -0.4 is 5.32 Å². The maximum atomic E-state index is 11.1. The van der Waals surface area contributed by atoms with E-state index in [4.69, 9.17) is 11.6 Å². The van der Waals surface area contributed by atoms with E-state index in [2.05, 4.69) is 25.1 Å². The Morgan fingerprint density at radius 1 is 0.861 bits per heavy atom. The zero-order valence-electron chi connectivity index (χ0n) is 20.4. The molecule has 0 amide bonds. The molecule has 2 N–H and O–H groups in total. The lowest BCUT2D eigenvalue weighted by atomic mass is 10.1. The van der Waals surface area contributed by atoms with Gasteiger partial charge >= 0.3 is 0 Å². The Morgan fingerprint density at radius 3 is 2.03 bits per heavy atom. The second-order valence-corrected chi connectivity index (χ2v) is 9.86. The summed E-state index contributed by atoms with van der Waals surface area (Å²) in [5.41, 5.74) is 4.70. The average molecular weight is 527 g/mol. The normalized spacial score (nSPS) is 16.5. The van der Waals surface area contributed by atoms with Crippen LogP contribution in [0.25, 0.3) is 12.2 Å². The van der Waals surface area contributed by atoms with Crippen molar-refractivity contribution >= 4 is 47.8 Å². The van der Waals surface area contributed by atoms with Gasteiger partial charge in [0.15, 0.2) is 0 Å². The molecule has 2 saturated heterocycles. The highest BCUT2D eigenvalue weighted by atomic mass is 35.5. The summed E-state index contributed by atoms with van der Waals surface area (Å²) in [7, 11) is 0. The fourth-order valence-electron chi connectivity index (χ4n) is 4.85. The number of rotatable bonds is 8. The fourth-order valence-corrected chi connectivity index (χ4v) is 4.97. The third-order valence-electron chi connectivity index (χ3n) is 6.70. The lowest BCUT2D eigenvalue weighted by Gasteiger charge is -2.21. The molecule has 0 unspecified atom stereocenters. The van der Waals surface area contributed by atoms with Gasteiger partial charge in [0, 0.05) is 41.1 Å². The van der Waals surface area contributed by atoms with Crippen LogP contribution in [0.3, 0.4) is 0 Å². The van der Waals surface area contributed by atoms with Crippen molar-refractivity contribution in [3.8, 4) is 5.75 Å². The SMILES string of the molecule is Cl.Oc1c(CN2CCCC2)cc(Nc2nccc(/C=C/c3ccc(Cl)cc3)n2)cc1CN1CCCC1. The van der Waals surface area contributed by atoms with Crippen molar-refractivity contribution in [3.05, 3.63) is 76.1 Å². The van der Waals surface area contributed by atoms with Crippen molar-refractivity contribution in [1.82, 2.24) is 19.8 Å². The minimum absolute atomic E-state index is 0. The number of halogens is 2. The number of nitrogens with zero attached hydrogens (tertiary/aromatic N) is 4. The first kappa shape index (κ1) is 26.4. The summed E-state index contributed by atoms with van der Waals surface area (Å²) in [6.07, 6.45) is 10.6. The number of aromatic hydroxyl groups is 1. The van der Waals surface area contributed by atoms with E-state index in [-0.39, 0.29) is 12.4 Å². The smallest absolute Gasteiger partial charge is 0.227 e. The summed E-state index contributed by atoms with van der Waals surface area (Å²) in [4.78, 5) is 13.9. The predicted molar refractivity (Wildman–Crippen MR) is 150 cm³/mol. The van der Waals surface area contributed by atoms with E-state index < -0.39 is 0 Å². The van der Waals surface area contributed by atoms with Crippen LogP contribution >= 0.6 is 24.0 Å². The number of nitrogens with one attached hydrogen (secondary N) is 1. The van der Waals surface area contributed by atoms with Crippen LogP contribution in [0.15, 0.2) is 48.7 Å². The van der Waals surface area contributed by atoms with Crippen LogP contribution in [0.5, 0.6) is 5.75 Å². The molecule has 8 heteroatoms. The van der Waals surface area contributed by atoms with Crippen LogP contribution in [0, 0.1) is 0 Å². The van der Waals surface area contributed by atoms with Crippen LogP contribution in [0.4, 0.5) is 11.6 Å². The molecule has 2 aliphatic heterocycles. The monoisotopic (exact) mass is 525 g/mol. The minimum Gasteiger partial charge on any atom is -0.507 e. The van der Waals surface area contributed by atoms with Crippen molar-refractivity contribution < 1.29 is 5.11 Å². The summed E-state index contributed by atoms with van der Waals surface area (Å²) >= 11 is 5.98. The van der Waals surface area contributed by atoms with Crippen molar-refractivity contribution in [1.29, 1.82) is 0 Å². The second-order valence-electron chi connectivity index (χ2n) is 9.42. The predicted octanol–water partition coefficient (Wildman–Crippen LogP) is 6.36. The summed E-state index contributed by atoms with van der Waals surface area (Å²) in [5, 5.41) is 15.2. The zero-order valence-corrected chi connectivity index (χ0v) is 21.9. The Bertz CT molecular complexity index is 1130. The molecule has 0 atom stereocenters. The first-order valence-corrected chi connectivity index (χ1v) is 12.8. The standard InChI is InChI=1S/C28H32ClN5O.ClH/c29-24-8-5-21(6-9-24)7-10-25-11-12-30-28(31-25)32-26-17-22(19-33-13-1-2-14-33)27(35)23(18-26)20-34-15-3-4-16-34;/h5-12,17-18,35H,1-4,13-16,19-20H2,(H,30,31,32);1H/b10-7+;. The Labute approximate surface area is 224 Å². The molecule has 0 saturated carbocycles. The number of hydrogen-bond donors (Lipinski definition) is 2. The number of phenols is 1. The molecule has 3 heterocycles. The molecule has 0 aliphatic carbocycles. The van der Waals surface area contributed by atoms with Gasteiger partial charge in [-0.3, -0.25) is 9.80 Å². The van der Waals surface area contributed by atoms with Gasteiger partial charge in [0.2, 0.25) is 5.95 Å². The van der Waals surface area contributed by atoms with Gasteiger partial charge in [-0.1, -0.05) is 29.8 Å². The van der Waals surface area contributed by atoms with Gasteiger partial charge in [0.05, 0.1) is 5.69 Å². The summed E-state index contributed by atoms with van der Waals surface area (Å²) < 4.78 is 0. The highest BCUT2D eigenvalue weighted by Gasteiger charge is 2.19. The molecule has 2 fully saturated rings. The van der Waals surface area contributed by atoms with E-state index in [9.17, 15) is 5.11 Å². The summed E-state index contributed by atoms with van der Waals surface area (Å²) in [6.45, 7) is 5.87. The fraction of sp³-hybridized carbons (Fsp3) is 0.357. The van der Waals surface area contributed by atoms with Gasteiger partial charge < -0.3 is 10.4 Å². The van der Waals surface area contributed by atoms with Crippen molar-refractivity contribution in [2.75, 3.05) is 31.5 Å². The van der Waals surface area contributed by atoms with Crippen molar-refractivity contribution in [2.45, 2.75) is 38.8 Å². The highest BCUT2D eigenvalue weighted by Crippen LogP contribution is 2.32. The van der Waals surface area contributed by atoms with Crippen molar-refractivity contribution in [2.24, 2.45) is 0 Å². The molecule has 2 aliphatic rings. The first-order chi connectivity index (χ1) is 17.1. The van der Waals surface area contributed by atoms with Crippen molar-refractivity contribution in [3.63, 3.8) is 0 Å². The molecule has 3 aromatic rings. The van der Waals surface area contributed by atoms with Gasteiger partial charge in [0.1, 0.15) is 5.75 Å². The molecular formula is C28H33Cl2N5O. The van der Waals surface area contributed by atoms with Crippen LogP contribution in [-0.4, -0.2) is 51.1 Å². The van der Waals surface area contributed by atoms with Gasteiger partial charge in [-0.25, -0.2) is 9.97 Å². The molecule has 5 rings (SSSR count). The van der Waals surface area contributed by atoms with E-state index in [1.807, 2.05) is 54.6 Å². The average Bonchev–Trinajstić information content (AvgIpc) is 3.56. The Hall–Kier alpha value is -2.64. The Morgan fingerprint density at radius 2 is 1.44 bits per heavy atom. The lowest BCUT2D eigenvalue weighted by Crippen LogP contribution is -2.20. The third-order valence-corrected chi connectivity index (χ3v) is 6.95. The zero-order chi connectivity index (χ0) is 24.0. The molecule has 36 heavy (non-hydrogen) atoms. The number of hydrogen-bond acceptors (Lipinski definition) is 6. The number of aromatic nitrogens is 2. The third kappa shape index (κ3) is 6.98. The maximum Gasteiger partial charge on any atom is 0.227 e. The van der Waals surface area contributed by atoms with Gasteiger partial charge in [-0.2, -0.15) is 0 Å². The summed E-state index contributed by atoms with van der Waals surface area (Å²) in [6, 6.07) is 13.7. The second kappa shape index (κ2) is 12.5. The lowest BCUT2D eigenvalue weighted by molar-refractivity contribution is 0.312. The molecule has 2 aromatic carbocycles. The minimum atomic E-state index is 0. The van der Waals surface area contributed by atoms with E-state index in [0.29, 0.717) is 11.7 Å². The van der Waals surface area contributed by atoms with Gasteiger partial charge in [-0.15, -0.1) is 12.4 Å². The molecule has 6 nitrogen and oxygen atoms in total. The first-order valence-electron chi connectivity index (χ1n) is 12.5. The number of anilines is 2. The molecule has 1 aromatic heterocycles. The Kier molecular flexibility index (Phi) is 9.21. The van der Waals surface area contributed by atoms with Gasteiger partial charge in [0.25, 0.3) is 0 Å². The summed E-state index contributed by atoms with van der Waals surface area (Å²) in [5.74, 6) is 0.961. The Balaban J connectivity index is 0.00000304. The molecule has 190 valence electrons. The highest BCUT2D eigenvalue weighted by molar-refractivity contribution is 6.30.